The van der Waals surface area contributed by atoms with Crippen LogP contribution < -0.4 is 9.75 Å². The molecule has 3 aromatic carbocycles. The van der Waals surface area contributed by atoms with Gasteiger partial charge in [-0.05, 0) is 67.8 Å². The van der Waals surface area contributed by atoms with Crippen LogP contribution in [0.5, 0.6) is 5.75 Å². The van der Waals surface area contributed by atoms with Gasteiger partial charge >= 0.3 is 0 Å². The molecule has 0 unspecified atom stereocenters. The maximum atomic E-state index is 13.7. The third-order valence-corrected chi connectivity index (χ3v) is 9.57. The van der Waals surface area contributed by atoms with Crippen molar-refractivity contribution in [1.29, 1.82) is 0 Å². The summed E-state index contributed by atoms with van der Waals surface area (Å²) in [5.74, 6) is 0.281. The SMILES string of the molecule is COc1ccc2nc(N(/N=C/c3ccc(C)cc3)C(=O)c3ccc(S(=O)(=O)N4CCCCCC4)cc3)sc2c1. The van der Waals surface area contributed by atoms with Crippen LogP contribution in [0.1, 0.15) is 47.2 Å². The van der Waals surface area contributed by atoms with Gasteiger partial charge in [0.05, 0.1) is 28.4 Å². The molecule has 0 atom stereocenters. The normalized spacial score (nSPS) is 14.9. The number of hydrogen-bond acceptors (Lipinski definition) is 7. The minimum absolute atomic E-state index is 0.183. The van der Waals surface area contributed by atoms with Crippen molar-refractivity contribution in [3.63, 3.8) is 0 Å². The van der Waals surface area contributed by atoms with Gasteiger partial charge in [0.15, 0.2) is 0 Å². The molecule has 5 rings (SSSR count). The highest BCUT2D eigenvalue weighted by atomic mass is 32.2. The Kier molecular flexibility index (Phi) is 8.06. The van der Waals surface area contributed by atoms with Crippen molar-refractivity contribution in [2.45, 2.75) is 37.5 Å². The second kappa shape index (κ2) is 11.6. The average molecular weight is 563 g/mol. The number of rotatable bonds is 7. The van der Waals surface area contributed by atoms with E-state index in [2.05, 4.69) is 10.1 Å². The summed E-state index contributed by atoms with van der Waals surface area (Å²) in [6, 6.07) is 19.4. The Morgan fingerprint density at radius 3 is 2.36 bits per heavy atom. The van der Waals surface area contributed by atoms with Crippen LogP contribution in [0.15, 0.2) is 76.7 Å². The lowest BCUT2D eigenvalue weighted by atomic mass is 10.2. The molecule has 0 radical (unpaired) electrons. The number of nitrogens with zero attached hydrogens (tertiary/aromatic N) is 4. The van der Waals surface area contributed by atoms with E-state index in [4.69, 9.17) is 4.74 Å². The van der Waals surface area contributed by atoms with Crippen molar-refractivity contribution in [2.24, 2.45) is 5.10 Å². The number of anilines is 1. The first-order chi connectivity index (χ1) is 18.8. The van der Waals surface area contributed by atoms with Crippen LogP contribution in [0.25, 0.3) is 10.2 Å². The maximum Gasteiger partial charge on any atom is 0.280 e. The molecule has 4 aromatic rings. The van der Waals surface area contributed by atoms with Crippen molar-refractivity contribution in [3.8, 4) is 5.75 Å². The molecule has 0 bridgehead atoms. The van der Waals surface area contributed by atoms with Gasteiger partial charge in [-0.3, -0.25) is 4.79 Å². The zero-order valence-corrected chi connectivity index (χ0v) is 23.5. The molecule has 0 saturated carbocycles. The number of sulfonamides is 1. The minimum atomic E-state index is -3.62. The summed E-state index contributed by atoms with van der Waals surface area (Å²) in [5, 5.41) is 6.17. The summed E-state index contributed by atoms with van der Waals surface area (Å²) in [4.78, 5) is 18.5. The lowest BCUT2D eigenvalue weighted by molar-refractivity contribution is 0.0987. The van der Waals surface area contributed by atoms with Gasteiger partial charge in [0.2, 0.25) is 15.2 Å². The van der Waals surface area contributed by atoms with Crippen molar-refractivity contribution in [2.75, 3.05) is 25.2 Å². The van der Waals surface area contributed by atoms with E-state index in [1.165, 1.54) is 40.6 Å². The lowest BCUT2D eigenvalue weighted by Crippen LogP contribution is -2.32. The van der Waals surface area contributed by atoms with Crippen LogP contribution in [-0.4, -0.2) is 50.0 Å². The van der Waals surface area contributed by atoms with E-state index in [9.17, 15) is 13.2 Å². The number of benzene rings is 3. The number of methoxy groups -OCH3 is 1. The fourth-order valence-corrected chi connectivity index (χ4v) is 6.87. The highest BCUT2D eigenvalue weighted by molar-refractivity contribution is 7.89. The number of hydrogen-bond donors (Lipinski definition) is 0. The number of fused-ring (bicyclic) bond motifs is 1. The lowest BCUT2D eigenvalue weighted by Gasteiger charge is -2.20. The van der Waals surface area contributed by atoms with Crippen molar-refractivity contribution in [3.05, 3.63) is 83.4 Å². The molecular weight excluding hydrogens is 532 g/mol. The number of ether oxygens (including phenoxy) is 1. The van der Waals surface area contributed by atoms with Crippen LogP contribution in [0.3, 0.4) is 0 Å². The van der Waals surface area contributed by atoms with E-state index < -0.39 is 15.9 Å². The largest absolute Gasteiger partial charge is 0.497 e. The van der Waals surface area contributed by atoms with Gasteiger partial charge in [-0.25, -0.2) is 13.4 Å². The second-order valence-electron chi connectivity index (χ2n) is 9.44. The summed E-state index contributed by atoms with van der Waals surface area (Å²) < 4.78 is 34.1. The second-order valence-corrected chi connectivity index (χ2v) is 12.4. The molecule has 1 aliphatic rings. The van der Waals surface area contributed by atoms with E-state index in [0.29, 0.717) is 29.5 Å². The Morgan fingerprint density at radius 1 is 1.00 bits per heavy atom. The Labute approximate surface area is 232 Å². The predicted octanol–water partition coefficient (Wildman–Crippen LogP) is 5.86. The van der Waals surface area contributed by atoms with E-state index in [0.717, 1.165) is 47.0 Å². The molecular formula is C29H30N4O4S2. The highest BCUT2D eigenvalue weighted by Gasteiger charge is 2.26. The van der Waals surface area contributed by atoms with Crippen LogP contribution in [0.2, 0.25) is 0 Å². The topological polar surface area (TPSA) is 92.2 Å². The van der Waals surface area contributed by atoms with Gasteiger partial charge in [-0.15, -0.1) is 0 Å². The molecule has 0 spiro atoms. The number of amides is 1. The highest BCUT2D eigenvalue weighted by Crippen LogP contribution is 2.32. The third kappa shape index (κ3) is 6.03. The van der Waals surface area contributed by atoms with Crippen molar-refractivity contribution in [1.82, 2.24) is 9.29 Å². The van der Waals surface area contributed by atoms with Gasteiger partial charge in [-0.1, -0.05) is 54.0 Å². The van der Waals surface area contributed by atoms with Gasteiger partial charge in [-0.2, -0.15) is 14.4 Å². The van der Waals surface area contributed by atoms with Crippen LogP contribution in [0, 0.1) is 6.92 Å². The average Bonchev–Trinajstić information content (AvgIpc) is 3.16. The predicted molar refractivity (Wildman–Crippen MR) is 155 cm³/mol. The van der Waals surface area contributed by atoms with Crippen LogP contribution >= 0.6 is 11.3 Å². The van der Waals surface area contributed by atoms with Crippen molar-refractivity contribution >= 4 is 48.8 Å². The number of thiazole rings is 1. The zero-order chi connectivity index (χ0) is 27.4. The molecule has 10 heteroatoms. The number of carbonyl (C=O) groups excluding carboxylic acids is 1. The first-order valence-electron chi connectivity index (χ1n) is 12.8. The molecule has 1 aromatic heterocycles. The Morgan fingerprint density at radius 2 is 1.69 bits per heavy atom. The monoisotopic (exact) mass is 562 g/mol. The smallest absolute Gasteiger partial charge is 0.280 e. The molecule has 1 aliphatic heterocycles. The molecule has 1 fully saturated rings. The Bertz CT molecular complexity index is 1590. The molecule has 0 aliphatic carbocycles. The fraction of sp³-hybridized carbons (Fsp3) is 0.276. The molecule has 2 heterocycles. The fourth-order valence-electron chi connectivity index (χ4n) is 4.40. The van der Waals surface area contributed by atoms with Gasteiger partial charge < -0.3 is 4.74 Å². The van der Waals surface area contributed by atoms with Gasteiger partial charge in [0, 0.05) is 18.7 Å². The summed E-state index contributed by atoms with van der Waals surface area (Å²) >= 11 is 1.32. The number of carbonyl (C=O) groups is 1. The summed E-state index contributed by atoms with van der Waals surface area (Å²) in [6.45, 7) is 3.04. The molecule has 1 saturated heterocycles. The summed E-state index contributed by atoms with van der Waals surface area (Å²) in [6.07, 6.45) is 5.41. The minimum Gasteiger partial charge on any atom is -0.497 e. The van der Waals surface area contributed by atoms with E-state index in [-0.39, 0.29) is 4.90 Å². The van der Waals surface area contributed by atoms with Crippen LogP contribution in [0.4, 0.5) is 5.13 Å². The molecule has 0 N–H and O–H groups in total. The van der Waals surface area contributed by atoms with Crippen molar-refractivity contribution < 1.29 is 17.9 Å². The Hall–Kier alpha value is -3.60. The molecule has 8 nitrogen and oxygen atoms in total. The number of aryl methyl sites for hydroxylation is 1. The van der Waals surface area contributed by atoms with Crippen LogP contribution in [-0.2, 0) is 10.0 Å². The van der Waals surface area contributed by atoms with E-state index in [1.807, 2.05) is 49.4 Å². The standard InChI is InChI=1S/C29H30N4O4S2/c1-21-7-9-22(10-8-21)20-30-33(29-31-26-16-13-24(37-2)19-27(26)38-29)28(34)23-11-14-25(15-12-23)39(35,36)32-17-5-3-4-6-18-32/h7-16,19-20H,3-6,17-18H2,1-2H3/b30-20+. The molecule has 1 amide bonds. The molecule has 39 heavy (non-hydrogen) atoms. The first kappa shape index (κ1) is 27.0. The Balaban J connectivity index is 1.47. The third-order valence-electron chi connectivity index (χ3n) is 6.66. The van der Waals surface area contributed by atoms with Gasteiger partial charge in [0.25, 0.3) is 5.91 Å². The summed E-state index contributed by atoms with van der Waals surface area (Å²) in [5.41, 5.74) is 2.98. The number of aromatic nitrogens is 1. The van der Waals surface area contributed by atoms with Gasteiger partial charge in [0.1, 0.15) is 5.75 Å². The van der Waals surface area contributed by atoms with E-state index >= 15 is 0 Å². The van der Waals surface area contributed by atoms with E-state index in [1.54, 1.807) is 17.6 Å². The zero-order valence-electron chi connectivity index (χ0n) is 21.9. The first-order valence-corrected chi connectivity index (χ1v) is 15.1. The molecule has 202 valence electrons. The quantitative estimate of drug-likeness (QED) is 0.208. The summed E-state index contributed by atoms with van der Waals surface area (Å²) in [7, 11) is -2.02. The maximum absolute atomic E-state index is 13.7. The number of hydrazone groups is 1.